The van der Waals surface area contributed by atoms with Crippen molar-refractivity contribution in [1.82, 2.24) is 9.78 Å². The van der Waals surface area contributed by atoms with E-state index in [4.69, 9.17) is 4.74 Å². The summed E-state index contributed by atoms with van der Waals surface area (Å²) < 4.78 is 36.8. The summed E-state index contributed by atoms with van der Waals surface area (Å²) in [5.74, 6) is -0.520. The fourth-order valence-electron chi connectivity index (χ4n) is 4.34. The Hall–Kier alpha value is -2.26. The number of alkyl halides is 2. The van der Waals surface area contributed by atoms with Crippen LogP contribution in [0.15, 0.2) is 52.2 Å². The maximum absolute atomic E-state index is 13.8. The molecule has 2 aliphatic rings. The molecule has 5 rings (SSSR count). The van der Waals surface area contributed by atoms with Crippen LogP contribution in [0.4, 0.5) is 8.78 Å². The number of methoxy groups -OCH3 is 1. The standard InChI is InChI=1S/C24H23F2IN2O2/c1-31-23-11-15(5-10-20(23)26)24(30)21-4-2-3-18-12-22-16(13-27(18)21)14-28-29(22)19-8-6-17(25)7-9-19/h5-12,14,21,24,30H,2-4,13H2,1H3/t21-,24+/m1/s1. The Morgan fingerprint density at radius 2 is 2.00 bits per heavy atom. The van der Waals surface area contributed by atoms with E-state index in [1.807, 2.05) is 10.9 Å². The summed E-state index contributed by atoms with van der Waals surface area (Å²) in [6.07, 6.45) is 6.59. The minimum absolute atomic E-state index is 0.165. The predicted octanol–water partition coefficient (Wildman–Crippen LogP) is 5.81. The van der Waals surface area contributed by atoms with Gasteiger partial charge in [-0.1, -0.05) is 0 Å². The first-order valence-corrected chi connectivity index (χ1v) is 14.1. The third-order valence-corrected chi connectivity index (χ3v) is 13.5. The number of hydrogen-bond donors (Lipinski definition) is 1. The Kier molecular flexibility index (Phi) is 5.56. The van der Waals surface area contributed by atoms with Crippen LogP contribution in [0.25, 0.3) is 11.8 Å². The first-order chi connectivity index (χ1) is 15.0. The number of halogens is 3. The van der Waals surface area contributed by atoms with Crippen LogP contribution in [0.3, 0.4) is 0 Å². The van der Waals surface area contributed by atoms with Crippen LogP contribution >= 0.6 is 19.8 Å². The van der Waals surface area contributed by atoms with Gasteiger partial charge in [-0.05, 0) is 0 Å². The molecule has 2 aliphatic heterocycles. The maximum atomic E-state index is 13.8. The van der Waals surface area contributed by atoms with Gasteiger partial charge in [0.25, 0.3) is 0 Å². The Morgan fingerprint density at radius 1 is 1.19 bits per heavy atom. The summed E-state index contributed by atoms with van der Waals surface area (Å²) in [7, 11) is 1.44. The van der Waals surface area contributed by atoms with Crippen LogP contribution in [-0.4, -0.2) is 25.9 Å². The molecule has 3 heterocycles. The minimum atomic E-state index is -1.69. The van der Waals surface area contributed by atoms with E-state index < -0.39 is 31.7 Å². The quantitative estimate of drug-likeness (QED) is 0.339. The number of ether oxygens (including phenoxy) is 1. The van der Waals surface area contributed by atoms with Gasteiger partial charge in [0.15, 0.2) is 0 Å². The number of rotatable bonds is 4. The van der Waals surface area contributed by atoms with Crippen molar-refractivity contribution >= 4 is 25.9 Å². The van der Waals surface area contributed by atoms with Crippen LogP contribution in [-0.2, 0) is 4.43 Å². The first-order valence-electron chi connectivity index (χ1n) is 10.2. The Morgan fingerprint density at radius 3 is 2.77 bits per heavy atom. The normalized spacial score (nSPS) is 19.9. The van der Waals surface area contributed by atoms with E-state index in [2.05, 4.69) is 11.2 Å². The van der Waals surface area contributed by atoms with Gasteiger partial charge in [-0.2, -0.15) is 0 Å². The Labute approximate surface area is 186 Å². The molecular weight excluding hydrogens is 513 g/mol. The van der Waals surface area contributed by atoms with Crippen molar-refractivity contribution in [3.05, 3.63) is 80.7 Å². The molecule has 162 valence electrons. The number of nitrogens with zero attached hydrogens (tertiary/aromatic N) is 2. The molecule has 1 N–H and O–H groups in total. The second-order valence-corrected chi connectivity index (χ2v) is 13.8. The monoisotopic (exact) mass is 536 g/mol. The number of fused-ring (bicyclic) bond motifs is 2. The van der Waals surface area contributed by atoms with Gasteiger partial charge >= 0.3 is 187 Å². The molecule has 2 atom stereocenters. The van der Waals surface area contributed by atoms with Crippen molar-refractivity contribution in [1.29, 1.82) is 0 Å². The van der Waals surface area contributed by atoms with Gasteiger partial charge in [0.1, 0.15) is 0 Å². The number of aromatic nitrogens is 2. The molecule has 0 spiro atoms. The second kappa shape index (κ2) is 8.35. The Bertz CT molecular complexity index is 1140. The summed E-state index contributed by atoms with van der Waals surface area (Å²) in [5.41, 5.74) is 3.81. The molecule has 1 saturated heterocycles. The summed E-state index contributed by atoms with van der Waals surface area (Å²) in [6.45, 7) is 0. The van der Waals surface area contributed by atoms with Gasteiger partial charge in [0, 0.05) is 0 Å². The molecule has 3 aromatic rings. The van der Waals surface area contributed by atoms with E-state index in [-0.39, 0.29) is 15.5 Å². The molecule has 4 nitrogen and oxygen atoms in total. The molecule has 0 bridgehead atoms. The van der Waals surface area contributed by atoms with Gasteiger partial charge in [0.2, 0.25) is 0 Å². The number of allylic oxidation sites excluding steroid dienone is 1. The molecular formula is C24H23F2IN2O2. The zero-order valence-corrected chi connectivity index (χ0v) is 19.2. The predicted molar refractivity (Wildman–Crippen MR) is 125 cm³/mol. The van der Waals surface area contributed by atoms with Crippen LogP contribution in [0, 0.1) is 11.6 Å². The SMILES string of the molecule is COc1cc([C@H](O)[C@H]2CCCC3=Cc4c(cnn4-c4ccc(F)cc4)CI32)ccc1F. The molecule has 7 heteroatoms. The van der Waals surface area contributed by atoms with Crippen molar-refractivity contribution in [2.45, 2.75) is 33.7 Å². The first kappa shape index (κ1) is 20.6. The van der Waals surface area contributed by atoms with E-state index in [1.54, 1.807) is 24.3 Å². The molecule has 31 heavy (non-hydrogen) atoms. The van der Waals surface area contributed by atoms with E-state index in [1.165, 1.54) is 34.5 Å². The average Bonchev–Trinajstić information content (AvgIpc) is 3.20. The number of hydrogen-bond acceptors (Lipinski definition) is 3. The molecule has 0 aliphatic carbocycles. The topological polar surface area (TPSA) is 47.3 Å². The summed E-state index contributed by atoms with van der Waals surface area (Å²) in [4.78, 5) is 0. The van der Waals surface area contributed by atoms with Crippen LogP contribution in [0.5, 0.6) is 5.75 Å². The molecule has 0 saturated carbocycles. The summed E-state index contributed by atoms with van der Waals surface area (Å²) >= 11 is -1.69. The third kappa shape index (κ3) is 3.78. The van der Waals surface area contributed by atoms with Gasteiger partial charge in [-0.3, -0.25) is 0 Å². The molecule has 1 aromatic heterocycles. The zero-order valence-electron chi connectivity index (χ0n) is 17.1. The third-order valence-electron chi connectivity index (χ3n) is 5.94. The van der Waals surface area contributed by atoms with Crippen molar-refractivity contribution in [2.75, 3.05) is 7.11 Å². The van der Waals surface area contributed by atoms with E-state index in [9.17, 15) is 13.9 Å². The van der Waals surface area contributed by atoms with Crippen molar-refractivity contribution in [2.24, 2.45) is 0 Å². The van der Waals surface area contributed by atoms with E-state index in [0.29, 0.717) is 0 Å². The van der Waals surface area contributed by atoms with Gasteiger partial charge in [-0.15, -0.1) is 0 Å². The number of benzene rings is 2. The average molecular weight is 536 g/mol. The van der Waals surface area contributed by atoms with Gasteiger partial charge in [0.05, 0.1) is 0 Å². The summed E-state index contributed by atoms with van der Waals surface area (Å²) in [5, 5.41) is 15.8. The molecule has 0 unspecified atom stereocenters. The fraction of sp³-hybridized carbons (Fsp3) is 0.292. The molecule has 0 amide bonds. The molecule has 2 aromatic carbocycles. The van der Waals surface area contributed by atoms with E-state index >= 15 is 0 Å². The molecule has 0 radical (unpaired) electrons. The van der Waals surface area contributed by atoms with Crippen LogP contribution in [0.1, 0.15) is 42.2 Å². The second-order valence-electron chi connectivity index (χ2n) is 7.81. The van der Waals surface area contributed by atoms with Crippen LogP contribution < -0.4 is 4.74 Å². The summed E-state index contributed by atoms with van der Waals surface area (Å²) in [6, 6.07) is 11.0. The Balaban J connectivity index is 1.46. The number of aliphatic hydroxyl groups is 1. The van der Waals surface area contributed by atoms with Gasteiger partial charge < -0.3 is 0 Å². The number of aliphatic hydroxyl groups excluding tert-OH is 1. The fourth-order valence-corrected chi connectivity index (χ4v) is 12.1. The van der Waals surface area contributed by atoms with Crippen molar-refractivity contribution in [3.8, 4) is 11.4 Å². The van der Waals surface area contributed by atoms with Crippen molar-refractivity contribution < 1.29 is 18.6 Å². The van der Waals surface area contributed by atoms with Crippen molar-refractivity contribution in [3.63, 3.8) is 0 Å². The van der Waals surface area contributed by atoms with E-state index in [0.717, 1.165) is 40.6 Å². The van der Waals surface area contributed by atoms with Gasteiger partial charge in [-0.25, -0.2) is 0 Å². The van der Waals surface area contributed by atoms with Crippen LogP contribution in [0.2, 0.25) is 0 Å². The zero-order chi connectivity index (χ0) is 21.5. The molecule has 1 fully saturated rings.